The molecule has 1 heterocycles. The van der Waals surface area contributed by atoms with Gasteiger partial charge in [-0.2, -0.15) is 23.3 Å². The molecule has 1 N–H and O–H groups in total. The Kier molecular flexibility index (Phi) is 4.94. The third kappa shape index (κ3) is 4.10. The average Bonchev–Trinajstić information content (AvgIpc) is 2.62. The maximum absolute atomic E-state index is 12.2. The highest BCUT2D eigenvalue weighted by Gasteiger charge is 2.23. The standard InChI is InChI=1S/C15H18N4O3S/c20-23(21,22-19-13-9-5-2-6-10-13)15-17-14(11-16-18-15)12-7-3-1-4-8-12/h1,3-4,7-8,11,13,19H,2,5-6,9-10H2. The summed E-state index contributed by atoms with van der Waals surface area (Å²) in [6, 6.07) is 9.24. The predicted octanol–water partition coefficient (Wildman–Crippen LogP) is 2.08. The van der Waals surface area contributed by atoms with Gasteiger partial charge in [0.1, 0.15) is 0 Å². The van der Waals surface area contributed by atoms with Crippen LogP contribution in [0.4, 0.5) is 0 Å². The highest BCUT2D eigenvalue weighted by Crippen LogP contribution is 2.19. The quantitative estimate of drug-likeness (QED) is 0.837. The number of hydrogen-bond donors (Lipinski definition) is 1. The van der Waals surface area contributed by atoms with Crippen LogP contribution in [0.3, 0.4) is 0 Å². The zero-order valence-corrected chi connectivity index (χ0v) is 13.4. The maximum Gasteiger partial charge on any atom is 0.350 e. The first-order valence-corrected chi connectivity index (χ1v) is 9.00. The second kappa shape index (κ2) is 7.12. The molecule has 8 heteroatoms. The minimum absolute atomic E-state index is 0.0452. The second-order valence-corrected chi connectivity index (χ2v) is 6.92. The Bertz CT molecular complexity index is 746. The van der Waals surface area contributed by atoms with E-state index in [4.69, 9.17) is 4.28 Å². The first-order valence-electron chi connectivity index (χ1n) is 7.59. The number of hydrogen-bond acceptors (Lipinski definition) is 7. The molecule has 1 aliphatic carbocycles. The molecule has 1 saturated carbocycles. The molecule has 0 aliphatic heterocycles. The predicted molar refractivity (Wildman–Crippen MR) is 83.5 cm³/mol. The lowest BCUT2D eigenvalue weighted by Crippen LogP contribution is -2.33. The van der Waals surface area contributed by atoms with Crippen molar-refractivity contribution in [3.63, 3.8) is 0 Å². The molecule has 3 rings (SSSR count). The minimum Gasteiger partial charge on any atom is -0.213 e. The van der Waals surface area contributed by atoms with Crippen molar-refractivity contribution < 1.29 is 12.7 Å². The molecule has 1 aromatic carbocycles. The van der Waals surface area contributed by atoms with E-state index < -0.39 is 15.3 Å². The van der Waals surface area contributed by atoms with Crippen molar-refractivity contribution >= 4 is 10.1 Å². The van der Waals surface area contributed by atoms with Crippen LogP contribution in [-0.4, -0.2) is 29.6 Å². The Labute approximate surface area is 135 Å². The molecule has 23 heavy (non-hydrogen) atoms. The lowest BCUT2D eigenvalue weighted by Gasteiger charge is -2.21. The lowest BCUT2D eigenvalue weighted by molar-refractivity contribution is 0.139. The molecule has 1 aliphatic rings. The number of nitrogens with one attached hydrogen (secondary N) is 1. The minimum atomic E-state index is -4.09. The fourth-order valence-corrected chi connectivity index (χ4v) is 3.22. The summed E-state index contributed by atoms with van der Waals surface area (Å²) in [5.41, 5.74) is 3.82. The summed E-state index contributed by atoms with van der Waals surface area (Å²) in [5.74, 6) is 0. The van der Waals surface area contributed by atoms with Crippen LogP contribution in [0, 0.1) is 0 Å². The van der Waals surface area contributed by atoms with Crippen molar-refractivity contribution in [3.8, 4) is 11.3 Å². The molecule has 1 fully saturated rings. The van der Waals surface area contributed by atoms with E-state index >= 15 is 0 Å². The number of nitrogens with zero attached hydrogens (tertiary/aromatic N) is 3. The Hall–Kier alpha value is -1.90. The molecular weight excluding hydrogens is 316 g/mol. The Balaban J connectivity index is 1.74. The van der Waals surface area contributed by atoms with Crippen LogP contribution in [0.15, 0.2) is 41.7 Å². The Morgan fingerprint density at radius 2 is 1.83 bits per heavy atom. The summed E-state index contributed by atoms with van der Waals surface area (Å²) in [7, 11) is -4.09. The van der Waals surface area contributed by atoms with Crippen LogP contribution in [0.2, 0.25) is 0 Å². The molecule has 1 aromatic heterocycles. The average molecular weight is 334 g/mol. The van der Waals surface area contributed by atoms with Gasteiger partial charge in [0, 0.05) is 11.6 Å². The molecule has 0 bridgehead atoms. The zero-order chi connectivity index (χ0) is 16.1. The van der Waals surface area contributed by atoms with E-state index in [1.165, 1.54) is 12.6 Å². The fourth-order valence-electron chi connectivity index (χ4n) is 2.53. The topological polar surface area (TPSA) is 94.1 Å². The molecule has 7 nitrogen and oxygen atoms in total. The van der Waals surface area contributed by atoms with Crippen molar-refractivity contribution in [2.24, 2.45) is 0 Å². The largest absolute Gasteiger partial charge is 0.350 e. The number of benzene rings is 1. The van der Waals surface area contributed by atoms with E-state index in [0.29, 0.717) is 5.69 Å². The Morgan fingerprint density at radius 3 is 2.57 bits per heavy atom. The molecule has 0 radical (unpaired) electrons. The van der Waals surface area contributed by atoms with Gasteiger partial charge in [0.05, 0.1) is 11.9 Å². The van der Waals surface area contributed by atoms with Crippen molar-refractivity contribution in [1.82, 2.24) is 20.7 Å². The van der Waals surface area contributed by atoms with Gasteiger partial charge in [-0.05, 0) is 12.8 Å². The zero-order valence-electron chi connectivity index (χ0n) is 12.6. The van der Waals surface area contributed by atoms with E-state index in [2.05, 4.69) is 20.7 Å². The first-order chi connectivity index (χ1) is 11.1. The highest BCUT2D eigenvalue weighted by atomic mass is 32.2. The summed E-state index contributed by atoms with van der Waals surface area (Å²) in [6.07, 6.45) is 6.54. The summed E-state index contributed by atoms with van der Waals surface area (Å²) in [5, 5.41) is 6.87. The molecular formula is C15H18N4O3S. The lowest BCUT2D eigenvalue weighted by atomic mass is 9.96. The van der Waals surface area contributed by atoms with Gasteiger partial charge in [-0.15, -0.1) is 5.10 Å². The third-order valence-corrected chi connectivity index (χ3v) is 4.70. The van der Waals surface area contributed by atoms with Gasteiger partial charge >= 0.3 is 10.1 Å². The SMILES string of the molecule is O=S(=O)(ONC1CCCCC1)c1nncc(-c2ccccc2)n1. The van der Waals surface area contributed by atoms with Gasteiger partial charge in [0.15, 0.2) is 0 Å². The number of rotatable bonds is 5. The summed E-state index contributed by atoms with van der Waals surface area (Å²) in [6.45, 7) is 0. The molecule has 0 atom stereocenters. The summed E-state index contributed by atoms with van der Waals surface area (Å²) >= 11 is 0. The van der Waals surface area contributed by atoms with E-state index in [9.17, 15) is 8.42 Å². The van der Waals surface area contributed by atoms with Gasteiger partial charge in [-0.3, -0.25) is 0 Å². The van der Waals surface area contributed by atoms with Crippen LogP contribution in [-0.2, 0) is 14.4 Å². The second-order valence-electron chi connectivity index (χ2n) is 5.48. The van der Waals surface area contributed by atoms with Gasteiger partial charge < -0.3 is 0 Å². The molecule has 122 valence electrons. The normalized spacial score (nSPS) is 16.3. The highest BCUT2D eigenvalue weighted by molar-refractivity contribution is 7.86. The van der Waals surface area contributed by atoms with Gasteiger partial charge in [-0.1, -0.05) is 49.6 Å². The number of aromatic nitrogens is 3. The van der Waals surface area contributed by atoms with E-state index in [0.717, 1.165) is 31.2 Å². The summed E-state index contributed by atoms with van der Waals surface area (Å²) < 4.78 is 29.3. The number of hydroxylamine groups is 1. The monoisotopic (exact) mass is 334 g/mol. The van der Waals surface area contributed by atoms with Crippen molar-refractivity contribution in [1.29, 1.82) is 0 Å². The van der Waals surface area contributed by atoms with Gasteiger partial charge in [0.25, 0.3) is 5.16 Å². The smallest absolute Gasteiger partial charge is 0.213 e. The van der Waals surface area contributed by atoms with Gasteiger partial charge in [-0.25, -0.2) is 4.98 Å². The van der Waals surface area contributed by atoms with Crippen LogP contribution in [0.5, 0.6) is 0 Å². The van der Waals surface area contributed by atoms with Crippen molar-refractivity contribution in [2.45, 2.75) is 43.3 Å². The van der Waals surface area contributed by atoms with E-state index in [-0.39, 0.29) is 6.04 Å². The van der Waals surface area contributed by atoms with Crippen LogP contribution < -0.4 is 5.48 Å². The van der Waals surface area contributed by atoms with E-state index in [1.54, 1.807) is 0 Å². The van der Waals surface area contributed by atoms with Crippen LogP contribution in [0.1, 0.15) is 32.1 Å². The summed E-state index contributed by atoms with van der Waals surface area (Å²) in [4.78, 5) is 4.05. The molecule has 0 amide bonds. The molecule has 2 aromatic rings. The van der Waals surface area contributed by atoms with Crippen LogP contribution in [0.25, 0.3) is 11.3 Å². The Morgan fingerprint density at radius 1 is 1.09 bits per heavy atom. The van der Waals surface area contributed by atoms with Crippen molar-refractivity contribution in [2.75, 3.05) is 0 Å². The molecule has 0 unspecified atom stereocenters. The fraction of sp³-hybridized carbons (Fsp3) is 0.400. The third-order valence-electron chi connectivity index (χ3n) is 3.76. The maximum atomic E-state index is 12.2. The molecule has 0 saturated heterocycles. The van der Waals surface area contributed by atoms with Gasteiger partial charge in [0.2, 0.25) is 0 Å². The van der Waals surface area contributed by atoms with Crippen LogP contribution >= 0.6 is 0 Å². The van der Waals surface area contributed by atoms with E-state index in [1.807, 2.05) is 30.3 Å². The molecule has 0 spiro atoms. The van der Waals surface area contributed by atoms with Crippen molar-refractivity contribution in [3.05, 3.63) is 36.5 Å². The first kappa shape index (κ1) is 16.0.